The summed E-state index contributed by atoms with van der Waals surface area (Å²) < 4.78 is 113. The second kappa shape index (κ2) is 20.0. The summed E-state index contributed by atoms with van der Waals surface area (Å²) in [6.45, 7) is -5.66. The average Bonchev–Trinajstić information content (AvgIpc) is 3.40. The van der Waals surface area contributed by atoms with E-state index in [1.807, 2.05) is 244 Å². The molecule has 0 spiro atoms. The van der Waals surface area contributed by atoms with Crippen LogP contribution in [0.3, 0.4) is 0 Å². The van der Waals surface area contributed by atoms with E-state index in [2.05, 4.69) is 0 Å². The van der Waals surface area contributed by atoms with Gasteiger partial charge in [0.15, 0.2) is 0 Å². The summed E-state index contributed by atoms with van der Waals surface area (Å²) in [6, 6.07) is 75.0. The zero-order chi connectivity index (χ0) is 50.5. The molecule has 72 heavy (non-hydrogen) atoms. The first-order valence-corrected chi connectivity index (χ1v) is 28.1. The van der Waals surface area contributed by atoms with Gasteiger partial charge in [0.05, 0.1) is 0 Å². The molecule has 0 saturated heterocycles. The number of aryl methyl sites for hydroxylation is 2. The van der Waals surface area contributed by atoms with Gasteiger partial charge in [0.25, 0.3) is 0 Å². The van der Waals surface area contributed by atoms with Crippen molar-refractivity contribution in [2.75, 3.05) is 0 Å². The van der Waals surface area contributed by atoms with Gasteiger partial charge in [-0.1, -0.05) is 0 Å². The standard InChI is InChI=1S/C60H51BF6O3P2/c1-46-33-37-48(38-34-46)44-71(53-21-9-3-10-22-53,54-23-11-4-12-24-54,55-25-13-5-14-26-55)69-61(68-52-42-50(59(62,63)64)41-51(43-52)60(65,66)67)70-72(56-27-15-6-16-28-56,57-29-17-7-18-30-57,58-31-19-8-20-32-58)45-49-39-35-47(2)36-40-49/h3-43H,44-45H2,1-2H3. The summed E-state index contributed by atoms with van der Waals surface area (Å²) in [7, 11) is -2.07. The monoisotopic (exact) mass is 1010 g/mol. The van der Waals surface area contributed by atoms with Crippen LogP contribution in [0.4, 0.5) is 26.3 Å². The molecular formula is C60H51BF6O3P2. The number of hydrogen-bond acceptors (Lipinski definition) is 3. The summed E-state index contributed by atoms with van der Waals surface area (Å²) in [6.07, 6.45) is -10.1. The molecule has 0 atom stereocenters. The molecule has 0 saturated carbocycles. The number of benzene rings is 9. The number of alkyl halides is 6. The summed E-state index contributed by atoms with van der Waals surface area (Å²) in [5, 5.41) is 4.23. The molecule has 0 N–H and O–H groups in total. The predicted molar refractivity (Wildman–Crippen MR) is 285 cm³/mol. The molecular weight excluding hydrogens is 955 g/mol. The molecule has 0 aromatic heterocycles. The Kier molecular flexibility index (Phi) is 13.9. The van der Waals surface area contributed by atoms with Crippen molar-refractivity contribution in [1.82, 2.24) is 0 Å². The molecule has 0 aliphatic heterocycles. The second-order valence-electron chi connectivity index (χ2n) is 18.1. The van der Waals surface area contributed by atoms with Gasteiger partial charge in [0, 0.05) is 0 Å². The molecule has 9 rings (SSSR count). The third-order valence-corrected chi connectivity index (χ3v) is 25.0. The molecule has 9 aromatic carbocycles. The van der Waals surface area contributed by atoms with E-state index in [1.54, 1.807) is 0 Å². The van der Waals surface area contributed by atoms with Crippen LogP contribution >= 0.6 is 13.7 Å². The van der Waals surface area contributed by atoms with E-state index in [1.165, 1.54) is 0 Å². The molecule has 364 valence electrons. The van der Waals surface area contributed by atoms with E-state index >= 15 is 0 Å². The Morgan fingerprint density at radius 1 is 0.347 bits per heavy atom. The molecule has 0 amide bonds. The van der Waals surface area contributed by atoms with Gasteiger partial charge in [0.2, 0.25) is 0 Å². The van der Waals surface area contributed by atoms with Gasteiger partial charge >= 0.3 is 419 Å². The van der Waals surface area contributed by atoms with Crippen LogP contribution in [0.25, 0.3) is 0 Å². The molecule has 0 aliphatic carbocycles. The van der Waals surface area contributed by atoms with E-state index in [9.17, 15) is 26.3 Å². The van der Waals surface area contributed by atoms with E-state index in [0.717, 1.165) is 22.3 Å². The van der Waals surface area contributed by atoms with Crippen LogP contribution in [-0.2, 0) is 33.6 Å². The van der Waals surface area contributed by atoms with Gasteiger partial charge in [-0.2, -0.15) is 0 Å². The number of halogens is 6. The molecule has 9 aromatic rings. The zero-order valence-electron chi connectivity index (χ0n) is 39.5. The summed E-state index contributed by atoms with van der Waals surface area (Å²) in [5.74, 6) is -0.760. The van der Waals surface area contributed by atoms with Crippen molar-refractivity contribution < 1.29 is 39.9 Å². The third-order valence-electron chi connectivity index (χ3n) is 13.5. The first-order chi connectivity index (χ1) is 34.6. The van der Waals surface area contributed by atoms with Gasteiger partial charge < -0.3 is 0 Å². The Bertz CT molecular complexity index is 2810. The van der Waals surface area contributed by atoms with Crippen molar-refractivity contribution in [3.05, 3.63) is 282 Å². The number of hydrogen-bond donors (Lipinski definition) is 0. The molecule has 0 fully saturated rings. The SMILES string of the molecule is Cc1ccc(CP(OB(Oc2cc(C(F)(F)F)cc(C(F)(F)F)c2)OP(Cc2ccc(C)cc2)(c2ccccc2)(c2ccccc2)c2ccccc2)(c2ccccc2)(c2ccccc2)c2ccccc2)cc1. The molecule has 12 heteroatoms. The van der Waals surface area contributed by atoms with Crippen LogP contribution in [0, 0.1) is 13.8 Å². The molecule has 3 nitrogen and oxygen atoms in total. The molecule has 0 bridgehead atoms. The Hall–Kier alpha value is -6.80. The zero-order valence-corrected chi connectivity index (χ0v) is 41.3. The van der Waals surface area contributed by atoms with Gasteiger partial charge in [-0.15, -0.1) is 0 Å². The summed E-state index contributed by atoms with van der Waals surface area (Å²) >= 11 is 0. The second-order valence-corrected chi connectivity index (χ2v) is 27.1. The fraction of sp³-hybridized carbons (Fsp3) is 0.100. The molecule has 0 unspecified atom stereocenters. The maximum absolute atomic E-state index is 14.9. The normalized spacial score (nSPS) is 13.3. The predicted octanol–water partition coefficient (Wildman–Crippen LogP) is 14.0. The van der Waals surface area contributed by atoms with E-state index in [0.29, 0.717) is 44.0 Å². The van der Waals surface area contributed by atoms with Crippen LogP contribution in [0.2, 0.25) is 0 Å². The van der Waals surface area contributed by atoms with Crippen molar-refractivity contribution in [3.63, 3.8) is 0 Å². The minimum absolute atomic E-state index is 0.0915. The Labute approximate surface area is 417 Å². The minimum atomic E-state index is -5.19. The summed E-state index contributed by atoms with van der Waals surface area (Å²) in [5.41, 5.74) is 0.607. The first kappa shape index (κ1) is 50.2. The Morgan fingerprint density at radius 2 is 0.597 bits per heavy atom. The van der Waals surface area contributed by atoms with Crippen LogP contribution in [0.5, 0.6) is 5.75 Å². The molecule has 0 heterocycles. The van der Waals surface area contributed by atoms with Crippen LogP contribution in [0.15, 0.2) is 249 Å². The maximum atomic E-state index is 14.9. The van der Waals surface area contributed by atoms with Gasteiger partial charge in [-0.3, -0.25) is 0 Å². The molecule has 0 radical (unpaired) electrons. The fourth-order valence-electron chi connectivity index (χ4n) is 9.97. The number of rotatable bonds is 16. The van der Waals surface area contributed by atoms with Crippen molar-refractivity contribution in [3.8, 4) is 5.75 Å². The van der Waals surface area contributed by atoms with Crippen LogP contribution in [0.1, 0.15) is 33.4 Å². The summed E-state index contributed by atoms with van der Waals surface area (Å²) in [4.78, 5) is 0. The van der Waals surface area contributed by atoms with Crippen LogP contribution in [-0.4, -0.2) is 7.32 Å². The molecule has 0 aliphatic rings. The van der Waals surface area contributed by atoms with Gasteiger partial charge in [0.1, 0.15) is 0 Å². The van der Waals surface area contributed by atoms with Crippen molar-refractivity contribution >= 4 is 52.8 Å². The van der Waals surface area contributed by atoms with Gasteiger partial charge in [-0.05, 0) is 0 Å². The third kappa shape index (κ3) is 9.41. The van der Waals surface area contributed by atoms with E-state index in [4.69, 9.17) is 13.5 Å². The quantitative estimate of drug-likeness (QED) is 0.0548. The van der Waals surface area contributed by atoms with Crippen molar-refractivity contribution in [2.45, 2.75) is 38.5 Å². The fourth-order valence-corrected chi connectivity index (χ4v) is 21.4. The average molecular weight is 1010 g/mol. The Morgan fingerprint density at radius 3 is 0.833 bits per heavy atom. The topological polar surface area (TPSA) is 27.7 Å². The van der Waals surface area contributed by atoms with Crippen molar-refractivity contribution in [1.29, 1.82) is 0 Å². The Balaban J connectivity index is 1.47. The van der Waals surface area contributed by atoms with Gasteiger partial charge in [-0.25, -0.2) is 0 Å². The van der Waals surface area contributed by atoms with E-state index < -0.39 is 50.2 Å². The van der Waals surface area contributed by atoms with Crippen molar-refractivity contribution in [2.24, 2.45) is 0 Å². The van der Waals surface area contributed by atoms with Crippen LogP contribution < -0.4 is 36.5 Å². The first-order valence-electron chi connectivity index (χ1n) is 23.4. The van der Waals surface area contributed by atoms with E-state index in [-0.39, 0.29) is 18.4 Å².